The fourth-order valence-electron chi connectivity index (χ4n) is 2.73. The van der Waals surface area contributed by atoms with Gasteiger partial charge in [-0.2, -0.15) is 0 Å². The number of nitrogens with zero attached hydrogens (tertiary/aromatic N) is 1. The molecule has 0 fully saturated rings. The number of carbonyl (C=O) groups is 1. The van der Waals surface area contributed by atoms with Crippen LogP contribution >= 0.6 is 11.3 Å². The molecule has 0 spiro atoms. The maximum atomic E-state index is 12.0. The Morgan fingerprint density at radius 1 is 1.27 bits per heavy atom. The van der Waals surface area contributed by atoms with Gasteiger partial charge in [0.1, 0.15) is 0 Å². The van der Waals surface area contributed by atoms with E-state index in [0.717, 1.165) is 18.4 Å². The second-order valence-electron chi connectivity index (χ2n) is 5.75. The van der Waals surface area contributed by atoms with Crippen molar-refractivity contribution in [2.24, 2.45) is 0 Å². The Balaban J connectivity index is 1.55. The van der Waals surface area contributed by atoms with Crippen LogP contribution in [0.5, 0.6) is 0 Å². The number of fused-ring (bicyclic) bond motifs is 1. The number of nitrogens with one attached hydrogen (secondary N) is 2. The van der Waals surface area contributed by atoms with E-state index < -0.39 is 0 Å². The first-order valence-electron chi connectivity index (χ1n) is 7.80. The number of benzene rings is 1. The topological polar surface area (TPSA) is 54.0 Å². The summed E-state index contributed by atoms with van der Waals surface area (Å²) in [6.07, 6.45) is 5.85. The molecule has 0 aliphatic heterocycles. The molecular formula is C17H21N3OS. The number of amides is 2. The van der Waals surface area contributed by atoms with Crippen LogP contribution in [0.1, 0.15) is 41.0 Å². The van der Waals surface area contributed by atoms with Crippen molar-refractivity contribution in [3.63, 3.8) is 0 Å². The average Bonchev–Trinajstić information content (AvgIpc) is 2.74. The van der Waals surface area contributed by atoms with Gasteiger partial charge in [-0.1, -0.05) is 36.2 Å². The highest BCUT2D eigenvalue weighted by molar-refractivity contribution is 7.15. The first kappa shape index (κ1) is 15.0. The lowest BCUT2D eigenvalue weighted by molar-refractivity contribution is 0.251. The molecule has 1 aromatic carbocycles. The zero-order chi connectivity index (χ0) is 15.4. The van der Waals surface area contributed by atoms with Gasteiger partial charge in [-0.15, -0.1) is 11.3 Å². The van der Waals surface area contributed by atoms with Crippen LogP contribution in [-0.2, 0) is 19.4 Å². The van der Waals surface area contributed by atoms with Gasteiger partial charge in [0.2, 0.25) is 0 Å². The summed E-state index contributed by atoms with van der Waals surface area (Å²) in [5.41, 5.74) is 3.48. The predicted molar refractivity (Wildman–Crippen MR) is 90.4 cm³/mol. The predicted octanol–water partition coefficient (Wildman–Crippen LogP) is 4.04. The minimum atomic E-state index is -0.189. The Labute approximate surface area is 135 Å². The number of urea groups is 1. The molecular weight excluding hydrogens is 294 g/mol. The van der Waals surface area contributed by atoms with Crippen LogP contribution < -0.4 is 10.6 Å². The van der Waals surface area contributed by atoms with Crippen molar-refractivity contribution in [3.8, 4) is 0 Å². The molecule has 0 bridgehead atoms. The largest absolute Gasteiger partial charge is 0.334 e. The second kappa shape index (κ2) is 6.92. The normalized spacial score (nSPS) is 14.0. The maximum Gasteiger partial charge on any atom is 0.321 e. The van der Waals surface area contributed by atoms with Crippen LogP contribution in [0.2, 0.25) is 0 Å². The van der Waals surface area contributed by atoms with E-state index in [9.17, 15) is 4.79 Å². The van der Waals surface area contributed by atoms with Crippen molar-refractivity contribution in [2.45, 2.75) is 45.6 Å². The Kier molecular flexibility index (Phi) is 4.73. The molecule has 0 unspecified atom stereocenters. The maximum absolute atomic E-state index is 12.0. The third kappa shape index (κ3) is 3.85. The molecule has 1 aromatic heterocycles. The van der Waals surface area contributed by atoms with Gasteiger partial charge in [0, 0.05) is 11.4 Å². The van der Waals surface area contributed by atoms with E-state index in [1.807, 2.05) is 25.1 Å². The number of carbonyl (C=O) groups excluding carboxylic acids is 1. The standard InChI is InChI=1S/C17H21N3OS/c1-12-6-5-7-13(10-12)11-18-16(21)20-17-19-14-8-3-2-4-9-15(14)22-17/h5-7,10H,2-4,8-9,11H2,1H3,(H2,18,19,20,21). The SMILES string of the molecule is Cc1cccc(CNC(=O)Nc2nc3c(s2)CCCCC3)c1. The number of rotatable bonds is 3. The highest BCUT2D eigenvalue weighted by Gasteiger charge is 2.15. The smallest absolute Gasteiger partial charge is 0.321 e. The quantitative estimate of drug-likeness (QED) is 0.840. The van der Waals surface area contributed by atoms with Crippen LogP contribution in [0.25, 0.3) is 0 Å². The Bertz CT molecular complexity index is 642. The third-order valence-electron chi connectivity index (χ3n) is 3.85. The van der Waals surface area contributed by atoms with Crippen molar-refractivity contribution in [1.29, 1.82) is 0 Å². The van der Waals surface area contributed by atoms with Gasteiger partial charge in [-0.25, -0.2) is 9.78 Å². The van der Waals surface area contributed by atoms with Crippen molar-refractivity contribution >= 4 is 22.5 Å². The first-order chi connectivity index (χ1) is 10.7. The summed E-state index contributed by atoms with van der Waals surface area (Å²) in [7, 11) is 0. The molecule has 116 valence electrons. The van der Waals surface area contributed by atoms with Crippen molar-refractivity contribution in [3.05, 3.63) is 46.0 Å². The van der Waals surface area contributed by atoms with Crippen LogP contribution in [0.15, 0.2) is 24.3 Å². The minimum Gasteiger partial charge on any atom is -0.334 e. The van der Waals surface area contributed by atoms with Crippen LogP contribution in [0.4, 0.5) is 9.93 Å². The number of aromatic nitrogens is 1. The van der Waals surface area contributed by atoms with Crippen LogP contribution in [0, 0.1) is 6.92 Å². The van der Waals surface area contributed by atoms with Gasteiger partial charge >= 0.3 is 6.03 Å². The highest BCUT2D eigenvalue weighted by Crippen LogP contribution is 2.28. The molecule has 0 saturated carbocycles. The fourth-order valence-corrected chi connectivity index (χ4v) is 3.77. The third-order valence-corrected chi connectivity index (χ3v) is 4.92. The summed E-state index contributed by atoms with van der Waals surface area (Å²) in [6, 6.07) is 7.95. The van der Waals surface area contributed by atoms with E-state index in [2.05, 4.69) is 21.7 Å². The number of thiazole rings is 1. The zero-order valence-electron chi connectivity index (χ0n) is 12.8. The van der Waals surface area contributed by atoms with Gasteiger partial charge in [-0.3, -0.25) is 5.32 Å². The van der Waals surface area contributed by atoms with Crippen molar-refractivity contribution < 1.29 is 4.79 Å². The Morgan fingerprint density at radius 3 is 3.00 bits per heavy atom. The Hall–Kier alpha value is -1.88. The first-order valence-corrected chi connectivity index (χ1v) is 8.61. The van der Waals surface area contributed by atoms with Gasteiger partial charge in [0.25, 0.3) is 0 Å². The van der Waals surface area contributed by atoms with E-state index in [0.29, 0.717) is 11.7 Å². The number of aryl methyl sites for hydroxylation is 3. The number of hydrogen-bond acceptors (Lipinski definition) is 3. The van der Waals surface area contributed by atoms with Crippen molar-refractivity contribution in [2.75, 3.05) is 5.32 Å². The molecule has 22 heavy (non-hydrogen) atoms. The number of anilines is 1. The summed E-state index contributed by atoms with van der Waals surface area (Å²) < 4.78 is 0. The van der Waals surface area contributed by atoms with Crippen molar-refractivity contribution in [1.82, 2.24) is 10.3 Å². The molecule has 3 rings (SSSR count). The molecule has 0 saturated heterocycles. The Morgan fingerprint density at radius 2 is 2.14 bits per heavy atom. The lowest BCUT2D eigenvalue weighted by atomic mass is 10.1. The van der Waals surface area contributed by atoms with Gasteiger partial charge in [-0.05, 0) is 38.2 Å². The lowest BCUT2D eigenvalue weighted by Gasteiger charge is -2.06. The van der Waals surface area contributed by atoms with Crippen LogP contribution in [-0.4, -0.2) is 11.0 Å². The molecule has 0 radical (unpaired) electrons. The highest BCUT2D eigenvalue weighted by atomic mass is 32.1. The molecule has 2 aromatic rings. The summed E-state index contributed by atoms with van der Waals surface area (Å²) in [6.45, 7) is 2.57. The molecule has 1 aliphatic carbocycles. The van der Waals surface area contributed by atoms with Gasteiger partial charge < -0.3 is 5.32 Å². The van der Waals surface area contributed by atoms with E-state index in [4.69, 9.17) is 0 Å². The molecule has 0 atom stereocenters. The summed E-state index contributed by atoms with van der Waals surface area (Å²) in [5.74, 6) is 0. The van der Waals surface area contributed by atoms with Gasteiger partial charge in [0.15, 0.2) is 5.13 Å². The molecule has 1 aliphatic rings. The second-order valence-corrected chi connectivity index (χ2v) is 6.83. The zero-order valence-corrected chi connectivity index (χ0v) is 13.6. The van der Waals surface area contributed by atoms with E-state index in [1.54, 1.807) is 11.3 Å². The molecule has 4 nitrogen and oxygen atoms in total. The summed E-state index contributed by atoms with van der Waals surface area (Å²) in [4.78, 5) is 17.9. The average molecular weight is 315 g/mol. The summed E-state index contributed by atoms with van der Waals surface area (Å²) >= 11 is 1.62. The molecule has 5 heteroatoms. The summed E-state index contributed by atoms with van der Waals surface area (Å²) in [5, 5.41) is 6.46. The molecule has 2 N–H and O–H groups in total. The fraction of sp³-hybridized carbons (Fsp3) is 0.412. The number of hydrogen-bond donors (Lipinski definition) is 2. The molecule has 2 amide bonds. The monoisotopic (exact) mass is 315 g/mol. The van der Waals surface area contributed by atoms with E-state index in [-0.39, 0.29) is 6.03 Å². The molecule has 1 heterocycles. The van der Waals surface area contributed by atoms with Crippen LogP contribution in [0.3, 0.4) is 0 Å². The minimum absolute atomic E-state index is 0.189. The van der Waals surface area contributed by atoms with E-state index in [1.165, 1.54) is 35.4 Å². The lowest BCUT2D eigenvalue weighted by Crippen LogP contribution is -2.28. The van der Waals surface area contributed by atoms with E-state index >= 15 is 0 Å². The van der Waals surface area contributed by atoms with Gasteiger partial charge in [0.05, 0.1) is 5.69 Å².